The monoisotopic (exact) mass is 237 g/mol. The van der Waals surface area contributed by atoms with Gasteiger partial charge in [0.05, 0.1) is 19.0 Å². The Hall–Kier alpha value is -0.610. The van der Waals surface area contributed by atoms with Crippen LogP contribution in [0.3, 0.4) is 0 Å². The number of nitrogens with zero attached hydrogens (tertiary/aromatic N) is 2. The lowest BCUT2D eigenvalue weighted by Crippen LogP contribution is -2.48. The summed E-state index contributed by atoms with van der Waals surface area (Å²) >= 11 is 0. The maximum atomic E-state index is 8.40. The number of hydrogen-bond donors (Lipinski definition) is 1. The molecule has 2 unspecified atom stereocenters. The number of rotatable bonds is 1. The van der Waals surface area contributed by atoms with E-state index in [0.29, 0.717) is 5.92 Å². The molecule has 0 radical (unpaired) electrons. The molecule has 4 heteroatoms. The van der Waals surface area contributed by atoms with Crippen molar-refractivity contribution in [3.8, 4) is 0 Å². The van der Waals surface area contributed by atoms with Gasteiger partial charge in [-0.25, -0.2) is 0 Å². The molecule has 96 valence electrons. The standard InChI is InChI=1S/C13H23N3O/c1-15-11-2-3-12(15)9-10(8-11)13(14)16-4-6-17-7-5-16/h10-12,14H,2-9H2,1H3. The molecule has 3 heterocycles. The average Bonchev–Trinajstić information content (AvgIpc) is 2.61. The molecular formula is C13H23N3O. The molecule has 0 aromatic carbocycles. The normalized spacial score (nSPS) is 38.4. The Balaban J connectivity index is 1.63. The van der Waals surface area contributed by atoms with Crippen molar-refractivity contribution in [1.29, 1.82) is 5.41 Å². The van der Waals surface area contributed by atoms with Gasteiger partial charge in [0.1, 0.15) is 0 Å². The van der Waals surface area contributed by atoms with Crippen LogP contribution in [0.4, 0.5) is 0 Å². The number of morpholine rings is 1. The van der Waals surface area contributed by atoms with Crippen molar-refractivity contribution in [3.63, 3.8) is 0 Å². The number of ether oxygens (including phenoxy) is 1. The van der Waals surface area contributed by atoms with Gasteiger partial charge in [0.25, 0.3) is 0 Å². The van der Waals surface area contributed by atoms with Crippen molar-refractivity contribution in [3.05, 3.63) is 0 Å². The molecule has 17 heavy (non-hydrogen) atoms. The molecule has 0 aliphatic carbocycles. The smallest absolute Gasteiger partial charge is 0.0992 e. The third-order valence-corrected chi connectivity index (χ3v) is 4.84. The van der Waals surface area contributed by atoms with Crippen LogP contribution in [0.15, 0.2) is 0 Å². The van der Waals surface area contributed by atoms with E-state index < -0.39 is 0 Å². The summed E-state index contributed by atoms with van der Waals surface area (Å²) in [6.45, 7) is 3.42. The minimum atomic E-state index is 0.502. The molecule has 1 N–H and O–H groups in total. The van der Waals surface area contributed by atoms with Crippen LogP contribution in [0.2, 0.25) is 0 Å². The van der Waals surface area contributed by atoms with Gasteiger partial charge in [-0.15, -0.1) is 0 Å². The zero-order valence-electron chi connectivity index (χ0n) is 10.7. The molecule has 3 rings (SSSR count). The lowest BCUT2D eigenvalue weighted by molar-refractivity contribution is 0.0625. The van der Waals surface area contributed by atoms with E-state index >= 15 is 0 Å². The van der Waals surface area contributed by atoms with E-state index in [2.05, 4.69) is 16.8 Å². The number of hydrogen-bond acceptors (Lipinski definition) is 3. The fourth-order valence-corrected chi connectivity index (χ4v) is 3.70. The van der Waals surface area contributed by atoms with Crippen molar-refractivity contribution in [2.45, 2.75) is 37.8 Å². The van der Waals surface area contributed by atoms with Crippen molar-refractivity contribution in [2.75, 3.05) is 33.4 Å². The molecule has 0 spiro atoms. The van der Waals surface area contributed by atoms with Crippen LogP contribution in [0.25, 0.3) is 0 Å². The molecule has 3 aliphatic rings. The molecular weight excluding hydrogens is 214 g/mol. The molecule has 0 aromatic heterocycles. The highest BCUT2D eigenvalue weighted by Gasteiger charge is 2.40. The highest BCUT2D eigenvalue weighted by Crippen LogP contribution is 2.38. The zero-order chi connectivity index (χ0) is 11.8. The van der Waals surface area contributed by atoms with Crippen molar-refractivity contribution < 1.29 is 4.74 Å². The molecule has 0 aromatic rings. The third kappa shape index (κ3) is 2.08. The first-order chi connectivity index (χ1) is 8.25. The van der Waals surface area contributed by atoms with Gasteiger partial charge in [-0.3, -0.25) is 5.41 Å². The number of amidine groups is 1. The van der Waals surface area contributed by atoms with E-state index in [1.165, 1.54) is 25.7 Å². The van der Waals surface area contributed by atoms with Crippen LogP contribution in [0, 0.1) is 11.3 Å². The Labute approximate surface area is 103 Å². The summed E-state index contributed by atoms with van der Waals surface area (Å²) in [7, 11) is 2.26. The highest BCUT2D eigenvalue weighted by molar-refractivity contribution is 5.82. The molecule has 0 amide bonds. The first-order valence-corrected chi connectivity index (χ1v) is 6.89. The average molecular weight is 237 g/mol. The fraction of sp³-hybridized carbons (Fsp3) is 0.923. The second-order valence-corrected chi connectivity index (χ2v) is 5.70. The van der Waals surface area contributed by atoms with E-state index in [9.17, 15) is 0 Å². The Kier molecular flexibility index (Phi) is 3.09. The van der Waals surface area contributed by atoms with Gasteiger partial charge in [-0.1, -0.05) is 0 Å². The number of nitrogens with one attached hydrogen (secondary N) is 1. The van der Waals surface area contributed by atoms with E-state index in [-0.39, 0.29) is 0 Å². The van der Waals surface area contributed by atoms with Gasteiger partial charge in [-0.2, -0.15) is 0 Å². The quantitative estimate of drug-likeness (QED) is 0.549. The first-order valence-electron chi connectivity index (χ1n) is 6.89. The topological polar surface area (TPSA) is 39.6 Å². The molecule has 3 fully saturated rings. The van der Waals surface area contributed by atoms with Crippen LogP contribution < -0.4 is 0 Å². The van der Waals surface area contributed by atoms with Gasteiger partial charge < -0.3 is 14.5 Å². The fourth-order valence-electron chi connectivity index (χ4n) is 3.70. The maximum absolute atomic E-state index is 8.40. The molecule has 2 atom stereocenters. The Bertz CT molecular complexity index is 287. The second kappa shape index (κ2) is 4.58. The van der Waals surface area contributed by atoms with E-state index in [0.717, 1.165) is 44.2 Å². The van der Waals surface area contributed by atoms with Crippen molar-refractivity contribution >= 4 is 5.84 Å². The summed E-state index contributed by atoms with van der Waals surface area (Å²) in [6.07, 6.45) is 5.08. The third-order valence-electron chi connectivity index (χ3n) is 4.84. The predicted octanol–water partition coefficient (Wildman–Crippen LogP) is 1.17. The molecule has 4 nitrogen and oxygen atoms in total. The zero-order valence-corrected chi connectivity index (χ0v) is 10.7. The Morgan fingerprint density at radius 3 is 2.29 bits per heavy atom. The number of piperidine rings is 1. The summed E-state index contributed by atoms with van der Waals surface area (Å²) in [5, 5.41) is 8.40. The van der Waals surface area contributed by atoms with E-state index in [4.69, 9.17) is 10.1 Å². The largest absolute Gasteiger partial charge is 0.378 e. The van der Waals surface area contributed by atoms with Crippen molar-refractivity contribution in [1.82, 2.24) is 9.80 Å². The predicted molar refractivity (Wildman–Crippen MR) is 67.4 cm³/mol. The lowest BCUT2D eigenvalue weighted by atomic mass is 9.89. The Morgan fingerprint density at radius 1 is 1.12 bits per heavy atom. The van der Waals surface area contributed by atoms with Gasteiger partial charge >= 0.3 is 0 Å². The first kappa shape index (κ1) is 11.5. The summed E-state index contributed by atoms with van der Waals surface area (Å²) in [4.78, 5) is 4.78. The molecule has 2 bridgehead atoms. The summed E-state index contributed by atoms with van der Waals surface area (Å²) in [5.41, 5.74) is 0. The minimum Gasteiger partial charge on any atom is -0.378 e. The van der Waals surface area contributed by atoms with Gasteiger partial charge in [0, 0.05) is 31.1 Å². The molecule has 0 saturated carbocycles. The second-order valence-electron chi connectivity index (χ2n) is 5.70. The SMILES string of the molecule is CN1C2CCC1CC(C(=N)N1CCOCC1)C2. The van der Waals surface area contributed by atoms with Crippen LogP contribution in [0.1, 0.15) is 25.7 Å². The minimum absolute atomic E-state index is 0.502. The van der Waals surface area contributed by atoms with Crippen LogP contribution in [-0.2, 0) is 4.74 Å². The van der Waals surface area contributed by atoms with Crippen LogP contribution in [-0.4, -0.2) is 61.1 Å². The number of fused-ring (bicyclic) bond motifs is 2. The molecule has 3 aliphatic heterocycles. The van der Waals surface area contributed by atoms with Gasteiger partial charge in [-0.05, 0) is 32.7 Å². The summed E-state index contributed by atoms with van der Waals surface area (Å²) < 4.78 is 5.36. The molecule has 3 saturated heterocycles. The maximum Gasteiger partial charge on any atom is 0.0992 e. The summed E-state index contributed by atoms with van der Waals surface area (Å²) in [6, 6.07) is 1.47. The summed E-state index contributed by atoms with van der Waals surface area (Å²) in [5.74, 6) is 1.39. The van der Waals surface area contributed by atoms with E-state index in [1.54, 1.807) is 0 Å². The highest BCUT2D eigenvalue weighted by atomic mass is 16.5. The van der Waals surface area contributed by atoms with Gasteiger partial charge in [0.15, 0.2) is 0 Å². The van der Waals surface area contributed by atoms with Gasteiger partial charge in [0.2, 0.25) is 0 Å². The lowest BCUT2D eigenvalue weighted by Gasteiger charge is -2.40. The van der Waals surface area contributed by atoms with E-state index in [1.807, 2.05) is 0 Å². The van der Waals surface area contributed by atoms with Crippen molar-refractivity contribution in [2.24, 2.45) is 5.92 Å². The van der Waals surface area contributed by atoms with Crippen LogP contribution in [0.5, 0.6) is 0 Å². The van der Waals surface area contributed by atoms with Crippen LogP contribution >= 0.6 is 0 Å². The Morgan fingerprint density at radius 2 is 1.71 bits per heavy atom.